The van der Waals surface area contributed by atoms with Gasteiger partial charge in [0.05, 0.1) is 0 Å². The predicted octanol–water partition coefficient (Wildman–Crippen LogP) is 2.98. The summed E-state index contributed by atoms with van der Waals surface area (Å²) in [6.07, 6.45) is 0.213. The van der Waals surface area contributed by atoms with Crippen LogP contribution < -0.4 is 0 Å². The maximum absolute atomic E-state index is 13.3. The molecule has 0 bridgehead atoms. The van der Waals surface area contributed by atoms with Gasteiger partial charge >= 0.3 is 11.9 Å². The van der Waals surface area contributed by atoms with Crippen molar-refractivity contribution in [2.45, 2.75) is 25.7 Å². The lowest BCUT2D eigenvalue weighted by Crippen LogP contribution is -2.38. The summed E-state index contributed by atoms with van der Waals surface area (Å²) in [5.41, 5.74) is 0.732. The quantitative estimate of drug-likeness (QED) is 0.841. The van der Waals surface area contributed by atoms with Crippen LogP contribution in [0.3, 0.4) is 0 Å². The molecule has 88 valence electrons. The highest BCUT2D eigenvalue weighted by molar-refractivity contribution is 5.75. The van der Waals surface area contributed by atoms with Gasteiger partial charge in [-0.2, -0.15) is 8.78 Å². The van der Waals surface area contributed by atoms with Gasteiger partial charge < -0.3 is 5.11 Å². The molecule has 0 radical (unpaired) electrons. The molecule has 0 aliphatic rings. The fourth-order valence-electron chi connectivity index (χ4n) is 1.60. The molecule has 1 unspecified atom stereocenters. The Bertz CT molecular complexity index is 349. The molecule has 0 amide bonds. The van der Waals surface area contributed by atoms with Crippen molar-refractivity contribution in [3.8, 4) is 0 Å². The standard InChI is InChI=1S/C12H14F2O2/c1-2-10(12(13,14)11(15)16)8-9-6-4-3-5-7-9/h3-7,10H,2,8H2,1H3,(H,15,16). The minimum Gasteiger partial charge on any atom is -0.477 e. The number of aliphatic carboxylic acids is 1. The number of hydrogen-bond donors (Lipinski definition) is 1. The van der Waals surface area contributed by atoms with Gasteiger partial charge in [0.25, 0.3) is 0 Å². The molecular weight excluding hydrogens is 214 g/mol. The molecule has 0 heterocycles. The first-order valence-electron chi connectivity index (χ1n) is 5.13. The SMILES string of the molecule is CCC(Cc1ccccc1)C(F)(F)C(=O)O. The number of alkyl halides is 2. The summed E-state index contributed by atoms with van der Waals surface area (Å²) in [5.74, 6) is -6.87. The second-order valence-corrected chi connectivity index (χ2v) is 3.72. The van der Waals surface area contributed by atoms with E-state index in [0.29, 0.717) is 0 Å². The van der Waals surface area contributed by atoms with Gasteiger partial charge in [0, 0.05) is 5.92 Å². The van der Waals surface area contributed by atoms with E-state index in [1.54, 1.807) is 37.3 Å². The molecule has 0 aliphatic carbocycles. The average Bonchev–Trinajstić information content (AvgIpc) is 2.26. The van der Waals surface area contributed by atoms with E-state index in [0.717, 1.165) is 5.56 Å². The van der Waals surface area contributed by atoms with E-state index >= 15 is 0 Å². The fraction of sp³-hybridized carbons (Fsp3) is 0.417. The Balaban J connectivity index is 2.81. The van der Waals surface area contributed by atoms with Gasteiger partial charge in [-0.1, -0.05) is 37.3 Å². The second kappa shape index (κ2) is 5.05. The van der Waals surface area contributed by atoms with Gasteiger partial charge in [-0.05, 0) is 18.4 Å². The van der Waals surface area contributed by atoms with Crippen LogP contribution in [-0.2, 0) is 11.2 Å². The molecule has 1 aromatic carbocycles. The van der Waals surface area contributed by atoms with Crippen LogP contribution in [0, 0.1) is 5.92 Å². The average molecular weight is 228 g/mol. The van der Waals surface area contributed by atoms with E-state index in [-0.39, 0.29) is 12.8 Å². The zero-order valence-corrected chi connectivity index (χ0v) is 8.99. The summed E-state index contributed by atoms with van der Waals surface area (Å²) in [5, 5.41) is 8.47. The van der Waals surface area contributed by atoms with Crippen LogP contribution in [0.25, 0.3) is 0 Å². The summed E-state index contributed by atoms with van der Waals surface area (Å²) < 4.78 is 26.6. The molecule has 1 rings (SSSR count). The Morgan fingerprint density at radius 1 is 1.38 bits per heavy atom. The van der Waals surface area contributed by atoms with Crippen LogP contribution in [0.5, 0.6) is 0 Å². The van der Waals surface area contributed by atoms with Crippen LogP contribution in [0.2, 0.25) is 0 Å². The number of halogens is 2. The number of carboxylic acid groups (broad SMARTS) is 1. The molecular formula is C12H14F2O2. The fourth-order valence-corrected chi connectivity index (χ4v) is 1.60. The summed E-state index contributed by atoms with van der Waals surface area (Å²) in [7, 11) is 0. The maximum atomic E-state index is 13.3. The topological polar surface area (TPSA) is 37.3 Å². The first-order chi connectivity index (χ1) is 7.48. The van der Waals surface area contributed by atoms with Crippen molar-refractivity contribution in [1.29, 1.82) is 0 Å². The van der Waals surface area contributed by atoms with Crippen molar-refractivity contribution in [1.82, 2.24) is 0 Å². The first kappa shape index (κ1) is 12.6. The first-order valence-corrected chi connectivity index (χ1v) is 5.13. The highest BCUT2D eigenvalue weighted by atomic mass is 19.3. The van der Waals surface area contributed by atoms with Gasteiger partial charge in [-0.25, -0.2) is 4.79 Å². The molecule has 1 atom stereocenters. The molecule has 16 heavy (non-hydrogen) atoms. The van der Waals surface area contributed by atoms with Crippen molar-refractivity contribution in [3.63, 3.8) is 0 Å². The van der Waals surface area contributed by atoms with Crippen LogP contribution in [0.15, 0.2) is 30.3 Å². The Labute approximate surface area is 92.9 Å². The second-order valence-electron chi connectivity index (χ2n) is 3.72. The Hall–Kier alpha value is -1.45. The highest BCUT2D eigenvalue weighted by Crippen LogP contribution is 2.30. The molecule has 0 fully saturated rings. The van der Waals surface area contributed by atoms with Crippen molar-refractivity contribution < 1.29 is 18.7 Å². The third-order valence-electron chi connectivity index (χ3n) is 2.62. The maximum Gasteiger partial charge on any atom is 0.374 e. The lowest BCUT2D eigenvalue weighted by atomic mass is 9.91. The Morgan fingerprint density at radius 3 is 2.38 bits per heavy atom. The predicted molar refractivity (Wildman–Crippen MR) is 56.5 cm³/mol. The number of carboxylic acids is 1. The molecule has 0 aromatic heterocycles. The minimum atomic E-state index is -3.66. The van der Waals surface area contributed by atoms with Crippen LogP contribution in [0.4, 0.5) is 8.78 Å². The Kier molecular flexibility index (Phi) is 3.99. The summed E-state index contributed by atoms with van der Waals surface area (Å²) in [6.45, 7) is 1.57. The lowest BCUT2D eigenvalue weighted by molar-refractivity contribution is -0.173. The van der Waals surface area contributed by atoms with E-state index in [9.17, 15) is 13.6 Å². The molecule has 0 spiro atoms. The van der Waals surface area contributed by atoms with E-state index in [1.165, 1.54) is 0 Å². The number of rotatable bonds is 5. The number of hydrogen-bond acceptors (Lipinski definition) is 1. The number of benzene rings is 1. The van der Waals surface area contributed by atoms with Gasteiger partial charge in [0.2, 0.25) is 0 Å². The van der Waals surface area contributed by atoms with E-state index in [2.05, 4.69) is 0 Å². The third kappa shape index (κ3) is 2.78. The van der Waals surface area contributed by atoms with E-state index in [1.807, 2.05) is 0 Å². The van der Waals surface area contributed by atoms with Gasteiger partial charge in [-0.3, -0.25) is 0 Å². The molecule has 2 nitrogen and oxygen atoms in total. The smallest absolute Gasteiger partial charge is 0.374 e. The molecule has 0 aliphatic heterocycles. The summed E-state index contributed by atoms with van der Waals surface area (Å²) in [4.78, 5) is 10.5. The normalized spacial score (nSPS) is 13.4. The summed E-state index contributed by atoms with van der Waals surface area (Å²) >= 11 is 0. The van der Waals surface area contributed by atoms with Gasteiger partial charge in [0.1, 0.15) is 0 Å². The molecule has 0 saturated carbocycles. The van der Waals surface area contributed by atoms with Crippen molar-refractivity contribution in [2.24, 2.45) is 5.92 Å². The molecule has 0 saturated heterocycles. The third-order valence-corrected chi connectivity index (χ3v) is 2.62. The molecule has 4 heteroatoms. The van der Waals surface area contributed by atoms with Crippen LogP contribution >= 0.6 is 0 Å². The van der Waals surface area contributed by atoms with Crippen molar-refractivity contribution in [2.75, 3.05) is 0 Å². The summed E-state index contributed by atoms with van der Waals surface area (Å²) in [6, 6.07) is 8.74. The lowest BCUT2D eigenvalue weighted by Gasteiger charge is -2.22. The van der Waals surface area contributed by atoms with Crippen LogP contribution in [0.1, 0.15) is 18.9 Å². The largest absolute Gasteiger partial charge is 0.477 e. The van der Waals surface area contributed by atoms with Gasteiger partial charge in [0.15, 0.2) is 0 Å². The van der Waals surface area contributed by atoms with E-state index < -0.39 is 17.8 Å². The minimum absolute atomic E-state index is 0.0800. The van der Waals surface area contributed by atoms with Crippen LogP contribution in [-0.4, -0.2) is 17.0 Å². The highest BCUT2D eigenvalue weighted by Gasteiger charge is 2.46. The van der Waals surface area contributed by atoms with E-state index in [4.69, 9.17) is 5.11 Å². The Morgan fingerprint density at radius 2 is 1.94 bits per heavy atom. The zero-order valence-electron chi connectivity index (χ0n) is 8.99. The van der Waals surface area contributed by atoms with Gasteiger partial charge in [-0.15, -0.1) is 0 Å². The molecule has 1 N–H and O–H groups in total. The van der Waals surface area contributed by atoms with Crippen molar-refractivity contribution >= 4 is 5.97 Å². The number of carbonyl (C=O) groups is 1. The zero-order chi connectivity index (χ0) is 12.2. The monoisotopic (exact) mass is 228 g/mol. The van der Waals surface area contributed by atoms with Crippen molar-refractivity contribution in [3.05, 3.63) is 35.9 Å². The molecule has 1 aromatic rings.